The summed E-state index contributed by atoms with van der Waals surface area (Å²) in [5.41, 5.74) is 3.84. The number of fused-ring (bicyclic) bond motifs is 3. The highest BCUT2D eigenvalue weighted by molar-refractivity contribution is 5.88. The molecule has 0 amide bonds. The molecular formula is C20H16N6O. The smallest absolute Gasteiger partial charge is 0.189 e. The van der Waals surface area contributed by atoms with Gasteiger partial charge in [0.15, 0.2) is 17.1 Å². The highest BCUT2D eigenvalue weighted by atomic mass is 16.5. The van der Waals surface area contributed by atoms with Crippen LogP contribution < -0.4 is 4.74 Å². The molecule has 0 spiro atoms. The lowest BCUT2D eigenvalue weighted by Crippen LogP contribution is -1.98. The SMILES string of the molecule is Cn1ncc2c1ncn1nc(COc3ccc(-c4ccccc4)cc3)nc21. The van der Waals surface area contributed by atoms with Gasteiger partial charge in [-0.05, 0) is 23.3 Å². The molecule has 132 valence electrons. The molecule has 3 heterocycles. The average molecular weight is 356 g/mol. The number of hydrogen-bond acceptors (Lipinski definition) is 5. The second-order valence-corrected chi connectivity index (χ2v) is 6.23. The Balaban J connectivity index is 1.36. The zero-order valence-corrected chi connectivity index (χ0v) is 14.6. The molecule has 27 heavy (non-hydrogen) atoms. The van der Waals surface area contributed by atoms with Crippen LogP contribution in [0.4, 0.5) is 0 Å². The minimum Gasteiger partial charge on any atom is -0.486 e. The van der Waals surface area contributed by atoms with Gasteiger partial charge in [-0.2, -0.15) is 5.10 Å². The van der Waals surface area contributed by atoms with Crippen LogP contribution in [0.3, 0.4) is 0 Å². The summed E-state index contributed by atoms with van der Waals surface area (Å²) in [7, 11) is 1.85. The monoisotopic (exact) mass is 356 g/mol. The molecule has 3 aromatic heterocycles. The van der Waals surface area contributed by atoms with Crippen LogP contribution in [0.15, 0.2) is 67.1 Å². The van der Waals surface area contributed by atoms with Gasteiger partial charge in [-0.1, -0.05) is 42.5 Å². The van der Waals surface area contributed by atoms with E-state index >= 15 is 0 Å². The first-order valence-corrected chi connectivity index (χ1v) is 8.58. The van der Waals surface area contributed by atoms with E-state index in [2.05, 4.69) is 32.3 Å². The van der Waals surface area contributed by atoms with Crippen molar-refractivity contribution in [3.05, 3.63) is 72.9 Å². The van der Waals surface area contributed by atoms with Crippen LogP contribution in [-0.4, -0.2) is 29.4 Å². The molecule has 0 bridgehead atoms. The van der Waals surface area contributed by atoms with Crippen molar-refractivity contribution >= 4 is 16.7 Å². The number of benzene rings is 2. The summed E-state index contributed by atoms with van der Waals surface area (Å²) in [6.07, 6.45) is 3.39. The fraction of sp³-hybridized carbons (Fsp3) is 0.100. The third kappa shape index (κ3) is 2.79. The molecule has 7 nitrogen and oxygen atoms in total. The fourth-order valence-corrected chi connectivity index (χ4v) is 3.07. The molecule has 2 aromatic carbocycles. The topological polar surface area (TPSA) is 70.1 Å². The Morgan fingerprint density at radius 2 is 1.70 bits per heavy atom. The number of aryl methyl sites for hydroxylation is 1. The lowest BCUT2D eigenvalue weighted by atomic mass is 10.1. The van der Waals surface area contributed by atoms with Gasteiger partial charge in [0.2, 0.25) is 0 Å². The second kappa shape index (κ2) is 6.21. The summed E-state index contributed by atoms with van der Waals surface area (Å²) in [5.74, 6) is 1.37. The maximum Gasteiger partial charge on any atom is 0.189 e. The van der Waals surface area contributed by atoms with E-state index in [0.717, 1.165) is 28.0 Å². The van der Waals surface area contributed by atoms with Crippen molar-refractivity contribution in [2.75, 3.05) is 0 Å². The molecule has 0 aliphatic heterocycles. The summed E-state index contributed by atoms with van der Waals surface area (Å²) >= 11 is 0. The first-order valence-electron chi connectivity index (χ1n) is 8.58. The van der Waals surface area contributed by atoms with Crippen LogP contribution in [0.25, 0.3) is 27.8 Å². The van der Waals surface area contributed by atoms with Crippen molar-refractivity contribution in [1.29, 1.82) is 0 Å². The van der Waals surface area contributed by atoms with Gasteiger partial charge in [-0.3, -0.25) is 4.68 Å². The van der Waals surface area contributed by atoms with Gasteiger partial charge in [0.05, 0.1) is 11.6 Å². The molecule has 0 atom stereocenters. The molecule has 0 aliphatic carbocycles. The fourth-order valence-electron chi connectivity index (χ4n) is 3.07. The number of nitrogens with zero attached hydrogens (tertiary/aromatic N) is 6. The van der Waals surface area contributed by atoms with E-state index in [9.17, 15) is 0 Å². The molecule has 7 heteroatoms. The van der Waals surface area contributed by atoms with Crippen molar-refractivity contribution in [3.63, 3.8) is 0 Å². The molecule has 0 aliphatic rings. The largest absolute Gasteiger partial charge is 0.486 e. The van der Waals surface area contributed by atoms with Crippen molar-refractivity contribution in [2.24, 2.45) is 7.05 Å². The van der Waals surface area contributed by atoms with E-state index in [-0.39, 0.29) is 6.61 Å². The molecule has 0 radical (unpaired) electrons. The predicted octanol–water partition coefficient (Wildman–Crippen LogP) is 3.26. The van der Waals surface area contributed by atoms with E-state index in [1.807, 2.05) is 49.5 Å². The number of ether oxygens (including phenoxy) is 1. The van der Waals surface area contributed by atoms with Crippen molar-refractivity contribution in [2.45, 2.75) is 6.61 Å². The molecule has 0 saturated carbocycles. The maximum absolute atomic E-state index is 5.85. The minimum absolute atomic E-state index is 0.286. The van der Waals surface area contributed by atoms with Crippen LogP contribution in [0.2, 0.25) is 0 Å². The zero-order valence-electron chi connectivity index (χ0n) is 14.6. The zero-order chi connectivity index (χ0) is 18.2. The summed E-state index contributed by atoms with van der Waals surface area (Å²) in [5, 5.41) is 9.52. The van der Waals surface area contributed by atoms with Crippen LogP contribution in [0.5, 0.6) is 5.75 Å². The minimum atomic E-state index is 0.286. The molecule has 5 rings (SSSR count). The van der Waals surface area contributed by atoms with Crippen LogP contribution >= 0.6 is 0 Å². The van der Waals surface area contributed by atoms with Gasteiger partial charge in [0, 0.05) is 7.05 Å². The van der Waals surface area contributed by atoms with Crippen molar-refractivity contribution in [3.8, 4) is 16.9 Å². The van der Waals surface area contributed by atoms with Crippen molar-refractivity contribution < 1.29 is 4.74 Å². The second-order valence-electron chi connectivity index (χ2n) is 6.23. The quantitative estimate of drug-likeness (QED) is 0.494. The van der Waals surface area contributed by atoms with E-state index in [0.29, 0.717) is 5.82 Å². The Morgan fingerprint density at radius 1 is 0.926 bits per heavy atom. The summed E-state index contributed by atoms with van der Waals surface area (Å²) in [6.45, 7) is 0.286. The molecule has 5 aromatic rings. The summed E-state index contributed by atoms with van der Waals surface area (Å²) in [6, 6.07) is 18.3. The van der Waals surface area contributed by atoms with E-state index in [4.69, 9.17) is 4.74 Å². The lowest BCUT2D eigenvalue weighted by molar-refractivity contribution is 0.296. The third-order valence-corrected chi connectivity index (χ3v) is 4.44. The van der Waals surface area contributed by atoms with Gasteiger partial charge in [0.25, 0.3) is 0 Å². The standard InChI is InChI=1S/C20H16N6O/c1-25-19-17(11-22-25)20-23-18(24-26(20)13-21-19)12-27-16-9-7-15(8-10-16)14-5-3-2-4-6-14/h2-11,13H,12H2,1H3. The Bertz CT molecular complexity index is 1220. The van der Waals surface area contributed by atoms with E-state index in [1.165, 1.54) is 5.56 Å². The first-order chi connectivity index (χ1) is 13.3. The molecule has 0 N–H and O–H groups in total. The maximum atomic E-state index is 5.85. The number of aromatic nitrogens is 6. The summed E-state index contributed by atoms with van der Waals surface area (Å²) in [4.78, 5) is 8.93. The van der Waals surface area contributed by atoms with Gasteiger partial charge >= 0.3 is 0 Å². The Kier molecular flexibility index (Phi) is 3.57. The summed E-state index contributed by atoms with van der Waals surface area (Å²) < 4.78 is 9.22. The van der Waals surface area contributed by atoms with Crippen LogP contribution in [0.1, 0.15) is 5.82 Å². The average Bonchev–Trinajstić information content (AvgIpc) is 3.31. The molecule has 0 unspecified atom stereocenters. The molecular weight excluding hydrogens is 340 g/mol. The Hall–Kier alpha value is -3.74. The highest BCUT2D eigenvalue weighted by Crippen LogP contribution is 2.22. The first kappa shape index (κ1) is 15.5. The van der Waals surface area contributed by atoms with E-state index < -0.39 is 0 Å². The predicted molar refractivity (Wildman–Crippen MR) is 101 cm³/mol. The normalized spacial score (nSPS) is 11.3. The van der Waals surface area contributed by atoms with Gasteiger partial charge in [0.1, 0.15) is 18.7 Å². The van der Waals surface area contributed by atoms with Gasteiger partial charge in [-0.25, -0.2) is 14.5 Å². The Labute approximate surface area is 154 Å². The van der Waals surface area contributed by atoms with Crippen LogP contribution in [0, 0.1) is 0 Å². The lowest BCUT2D eigenvalue weighted by Gasteiger charge is -2.05. The van der Waals surface area contributed by atoms with Gasteiger partial charge < -0.3 is 4.74 Å². The van der Waals surface area contributed by atoms with E-state index in [1.54, 1.807) is 21.7 Å². The highest BCUT2D eigenvalue weighted by Gasteiger charge is 2.11. The van der Waals surface area contributed by atoms with Gasteiger partial charge in [-0.15, -0.1) is 5.10 Å². The molecule has 0 fully saturated rings. The number of rotatable bonds is 4. The third-order valence-electron chi connectivity index (χ3n) is 4.44. The van der Waals surface area contributed by atoms with Crippen LogP contribution in [-0.2, 0) is 13.7 Å². The Morgan fingerprint density at radius 3 is 2.52 bits per heavy atom. The van der Waals surface area contributed by atoms with Crippen molar-refractivity contribution in [1.82, 2.24) is 29.4 Å². The molecule has 0 saturated heterocycles. The number of hydrogen-bond donors (Lipinski definition) is 0.